The topological polar surface area (TPSA) is 59.9 Å². The molecule has 0 spiro atoms. The number of carbonyl (C=O) groups excluding carboxylic acids is 1. The summed E-state index contributed by atoms with van der Waals surface area (Å²) in [7, 11) is 3.17. The average Bonchev–Trinajstić information content (AvgIpc) is 3.00. The molecule has 7 heteroatoms. The summed E-state index contributed by atoms with van der Waals surface area (Å²) in [6.45, 7) is 0. The molecule has 0 fully saturated rings. The van der Waals surface area contributed by atoms with Gasteiger partial charge in [-0.05, 0) is 51.7 Å². The maximum atomic E-state index is 11.7. The van der Waals surface area contributed by atoms with E-state index in [2.05, 4.69) is 33.1 Å². The molecule has 1 aromatic heterocycles. The molecule has 0 atom stereocenters. The quantitative estimate of drug-likeness (QED) is 0.463. The number of amides is 1. The minimum absolute atomic E-state index is 0.226. The predicted molar refractivity (Wildman–Crippen MR) is 91.6 cm³/mol. The number of ether oxygens (including phenoxy) is 2. The Morgan fingerprint density at radius 3 is 2.81 bits per heavy atom. The van der Waals surface area contributed by atoms with Gasteiger partial charge in [-0.15, -0.1) is 11.3 Å². The lowest BCUT2D eigenvalue weighted by atomic mass is 10.2. The largest absolute Gasteiger partial charge is 0.493 e. The number of halogens is 1. The summed E-state index contributed by atoms with van der Waals surface area (Å²) in [6, 6.07) is 7.25. The van der Waals surface area contributed by atoms with Crippen molar-refractivity contribution in [3.05, 3.63) is 43.7 Å². The predicted octanol–water partition coefficient (Wildman–Crippen LogP) is 3.13. The van der Waals surface area contributed by atoms with Gasteiger partial charge in [-0.25, -0.2) is 5.43 Å². The molecule has 1 N–H and O–H groups in total. The zero-order valence-corrected chi connectivity index (χ0v) is 14.4. The molecule has 0 radical (unpaired) electrons. The van der Waals surface area contributed by atoms with E-state index in [9.17, 15) is 4.79 Å². The molecule has 0 aliphatic heterocycles. The monoisotopic (exact) mass is 416 g/mol. The zero-order valence-electron chi connectivity index (χ0n) is 11.4. The van der Waals surface area contributed by atoms with Gasteiger partial charge in [-0.1, -0.05) is 6.07 Å². The fourth-order valence-electron chi connectivity index (χ4n) is 1.64. The van der Waals surface area contributed by atoms with Crippen LogP contribution >= 0.6 is 33.9 Å². The summed E-state index contributed by atoms with van der Waals surface area (Å²) < 4.78 is 11.4. The van der Waals surface area contributed by atoms with E-state index < -0.39 is 0 Å². The van der Waals surface area contributed by atoms with Crippen molar-refractivity contribution in [1.82, 2.24) is 5.43 Å². The highest BCUT2D eigenvalue weighted by atomic mass is 127. The van der Waals surface area contributed by atoms with Crippen molar-refractivity contribution in [1.29, 1.82) is 0 Å². The molecular formula is C14H13IN2O3S. The van der Waals surface area contributed by atoms with Gasteiger partial charge in [0.05, 0.1) is 28.9 Å². The fraction of sp³-hybridized carbons (Fsp3) is 0.143. The Kier molecular flexibility index (Phi) is 5.57. The molecule has 2 aromatic rings. The lowest BCUT2D eigenvalue weighted by Gasteiger charge is -2.10. The Morgan fingerprint density at radius 2 is 2.19 bits per heavy atom. The molecule has 0 unspecified atom stereocenters. The average molecular weight is 416 g/mol. The van der Waals surface area contributed by atoms with Crippen LogP contribution in [0, 0.1) is 3.57 Å². The number of rotatable bonds is 5. The second-order valence-electron chi connectivity index (χ2n) is 3.91. The van der Waals surface area contributed by atoms with E-state index in [1.807, 2.05) is 17.5 Å². The van der Waals surface area contributed by atoms with Crippen LogP contribution in [0.2, 0.25) is 0 Å². The summed E-state index contributed by atoms with van der Waals surface area (Å²) in [5, 5.41) is 5.79. The van der Waals surface area contributed by atoms with Crippen LogP contribution in [0.3, 0.4) is 0 Å². The number of hydrogen-bond acceptors (Lipinski definition) is 5. The molecule has 2 rings (SSSR count). The van der Waals surface area contributed by atoms with Gasteiger partial charge < -0.3 is 9.47 Å². The first kappa shape index (κ1) is 15.8. The van der Waals surface area contributed by atoms with E-state index in [0.717, 1.165) is 9.13 Å². The van der Waals surface area contributed by atoms with Crippen molar-refractivity contribution in [3.8, 4) is 11.5 Å². The van der Waals surface area contributed by atoms with Crippen LogP contribution < -0.4 is 14.9 Å². The fourth-order valence-corrected chi connectivity index (χ4v) is 3.10. The van der Waals surface area contributed by atoms with Gasteiger partial charge in [0.25, 0.3) is 5.91 Å². The van der Waals surface area contributed by atoms with Gasteiger partial charge in [-0.2, -0.15) is 5.10 Å². The van der Waals surface area contributed by atoms with Gasteiger partial charge in [0, 0.05) is 0 Å². The van der Waals surface area contributed by atoms with E-state index in [4.69, 9.17) is 9.47 Å². The summed E-state index contributed by atoms with van der Waals surface area (Å²) >= 11 is 3.52. The summed E-state index contributed by atoms with van der Waals surface area (Å²) in [4.78, 5) is 12.3. The Balaban J connectivity index is 2.11. The number of thiophene rings is 1. The molecule has 1 aromatic carbocycles. The first-order chi connectivity index (χ1) is 10.2. The van der Waals surface area contributed by atoms with Crippen molar-refractivity contribution < 1.29 is 14.3 Å². The van der Waals surface area contributed by atoms with Crippen LogP contribution in [-0.2, 0) is 0 Å². The highest BCUT2D eigenvalue weighted by Gasteiger charge is 2.09. The smallest absolute Gasteiger partial charge is 0.281 e. The van der Waals surface area contributed by atoms with Gasteiger partial charge >= 0.3 is 0 Å². The number of carbonyl (C=O) groups is 1. The van der Waals surface area contributed by atoms with Crippen LogP contribution in [0.5, 0.6) is 11.5 Å². The summed E-state index contributed by atoms with van der Waals surface area (Å²) in [5.74, 6) is 1.07. The number of benzene rings is 1. The van der Waals surface area contributed by atoms with Crippen LogP contribution in [0.15, 0.2) is 34.7 Å². The molecule has 0 aliphatic rings. The molecule has 1 heterocycles. The van der Waals surface area contributed by atoms with Crippen molar-refractivity contribution in [2.24, 2.45) is 5.10 Å². The van der Waals surface area contributed by atoms with E-state index >= 15 is 0 Å². The molecular weight excluding hydrogens is 403 g/mol. The van der Waals surface area contributed by atoms with Crippen LogP contribution in [-0.4, -0.2) is 26.3 Å². The van der Waals surface area contributed by atoms with Gasteiger partial charge in [0.2, 0.25) is 0 Å². The zero-order chi connectivity index (χ0) is 15.2. The highest BCUT2D eigenvalue weighted by molar-refractivity contribution is 14.1. The number of nitrogens with one attached hydrogen (secondary N) is 1. The number of nitrogens with zero attached hydrogens (tertiary/aromatic N) is 1. The maximum Gasteiger partial charge on any atom is 0.281 e. The van der Waals surface area contributed by atoms with Crippen molar-refractivity contribution in [2.45, 2.75) is 0 Å². The number of methoxy groups -OCH3 is 2. The summed E-state index contributed by atoms with van der Waals surface area (Å²) in [6.07, 6.45) is 1.57. The lowest BCUT2D eigenvalue weighted by Crippen LogP contribution is -2.16. The normalized spacial score (nSPS) is 10.6. The third-order valence-corrected chi connectivity index (χ3v) is 4.25. The second-order valence-corrected chi connectivity index (χ2v) is 6.02. The third kappa shape index (κ3) is 3.94. The minimum atomic E-state index is -0.226. The Hall–Kier alpha value is -1.61. The van der Waals surface area contributed by atoms with Crippen LogP contribution in [0.4, 0.5) is 0 Å². The van der Waals surface area contributed by atoms with Crippen molar-refractivity contribution in [2.75, 3.05) is 14.2 Å². The molecule has 0 saturated carbocycles. The third-order valence-electron chi connectivity index (χ3n) is 2.58. The second kappa shape index (κ2) is 7.41. The first-order valence-electron chi connectivity index (χ1n) is 5.94. The van der Waals surface area contributed by atoms with Crippen LogP contribution in [0.1, 0.15) is 15.2 Å². The standard InChI is InChI=1S/C14H13IN2O3S/c1-19-11-7-9(6-10(15)13(11)20-2)8-16-17-14(18)12-4-3-5-21-12/h3-8H,1-2H3,(H,17,18)/b16-8+. The van der Waals surface area contributed by atoms with Gasteiger partial charge in [-0.3, -0.25) is 4.79 Å². The van der Waals surface area contributed by atoms with E-state index in [-0.39, 0.29) is 5.91 Å². The molecule has 0 aliphatic carbocycles. The molecule has 0 bridgehead atoms. The molecule has 5 nitrogen and oxygen atoms in total. The molecule has 0 saturated heterocycles. The molecule has 110 valence electrons. The van der Waals surface area contributed by atoms with E-state index in [1.54, 1.807) is 32.6 Å². The number of hydrogen-bond donors (Lipinski definition) is 1. The number of hydrazone groups is 1. The maximum absolute atomic E-state index is 11.7. The highest BCUT2D eigenvalue weighted by Crippen LogP contribution is 2.32. The molecule has 1 amide bonds. The van der Waals surface area contributed by atoms with Crippen LogP contribution in [0.25, 0.3) is 0 Å². The Bertz CT molecular complexity index is 656. The van der Waals surface area contributed by atoms with Gasteiger partial charge in [0.1, 0.15) is 0 Å². The van der Waals surface area contributed by atoms with E-state index in [0.29, 0.717) is 16.4 Å². The summed E-state index contributed by atoms with van der Waals surface area (Å²) in [5.41, 5.74) is 3.29. The Labute approximate surface area is 140 Å². The van der Waals surface area contributed by atoms with Crippen molar-refractivity contribution >= 4 is 46.0 Å². The Morgan fingerprint density at radius 1 is 1.38 bits per heavy atom. The first-order valence-corrected chi connectivity index (χ1v) is 7.90. The lowest BCUT2D eigenvalue weighted by molar-refractivity contribution is 0.0959. The van der Waals surface area contributed by atoms with Crippen molar-refractivity contribution in [3.63, 3.8) is 0 Å². The van der Waals surface area contributed by atoms with Gasteiger partial charge in [0.15, 0.2) is 11.5 Å². The minimum Gasteiger partial charge on any atom is -0.493 e. The van der Waals surface area contributed by atoms with E-state index in [1.165, 1.54) is 11.3 Å². The molecule has 21 heavy (non-hydrogen) atoms. The SMILES string of the molecule is COc1cc(/C=N/NC(=O)c2cccs2)cc(I)c1OC.